The SMILES string of the molecule is COc1cccc(NC(=O)[C@H](Cc2ccccc2)c2nc3ccccc3s2)c1. The molecule has 0 bridgehead atoms. The van der Waals surface area contributed by atoms with Gasteiger partial charge in [0.05, 0.1) is 23.2 Å². The summed E-state index contributed by atoms with van der Waals surface area (Å²) in [7, 11) is 1.61. The number of aromatic nitrogens is 1. The Balaban J connectivity index is 1.66. The highest BCUT2D eigenvalue weighted by atomic mass is 32.1. The van der Waals surface area contributed by atoms with Crippen LogP contribution in [0.25, 0.3) is 10.2 Å². The number of benzene rings is 3. The van der Waals surface area contributed by atoms with Gasteiger partial charge in [-0.05, 0) is 36.2 Å². The Hall–Kier alpha value is -3.18. The number of carbonyl (C=O) groups excluding carboxylic acids is 1. The Morgan fingerprint density at radius 1 is 1.04 bits per heavy atom. The van der Waals surface area contributed by atoms with Crippen molar-refractivity contribution in [2.24, 2.45) is 0 Å². The molecule has 1 N–H and O–H groups in total. The van der Waals surface area contributed by atoms with Crippen molar-refractivity contribution >= 4 is 33.1 Å². The topological polar surface area (TPSA) is 51.2 Å². The standard InChI is InChI=1S/C23H20N2O2S/c1-27-18-11-7-10-17(15-18)24-22(26)19(14-16-8-3-2-4-9-16)23-25-20-12-5-6-13-21(20)28-23/h2-13,15,19H,14H2,1H3,(H,24,26)/t19-/m0/s1. The summed E-state index contributed by atoms with van der Waals surface area (Å²) >= 11 is 1.57. The summed E-state index contributed by atoms with van der Waals surface area (Å²) in [5, 5.41) is 3.85. The van der Waals surface area contributed by atoms with Crippen LogP contribution >= 0.6 is 11.3 Å². The molecular weight excluding hydrogens is 368 g/mol. The van der Waals surface area contributed by atoms with Crippen LogP contribution in [0.5, 0.6) is 5.75 Å². The van der Waals surface area contributed by atoms with E-state index in [4.69, 9.17) is 9.72 Å². The first-order valence-corrected chi connectivity index (χ1v) is 9.89. The number of nitrogens with one attached hydrogen (secondary N) is 1. The van der Waals surface area contributed by atoms with Crippen molar-refractivity contribution in [1.29, 1.82) is 0 Å². The van der Waals surface area contributed by atoms with Gasteiger partial charge in [0.1, 0.15) is 10.8 Å². The highest BCUT2D eigenvalue weighted by Gasteiger charge is 2.25. The second-order valence-electron chi connectivity index (χ2n) is 6.48. The lowest BCUT2D eigenvalue weighted by molar-refractivity contribution is -0.117. The summed E-state index contributed by atoms with van der Waals surface area (Å²) in [5.74, 6) is 0.263. The molecule has 4 nitrogen and oxygen atoms in total. The van der Waals surface area contributed by atoms with E-state index in [9.17, 15) is 4.79 Å². The number of amides is 1. The van der Waals surface area contributed by atoms with E-state index < -0.39 is 0 Å². The predicted octanol–water partition coefficient (Wildman–Crippen LogP) is 5.27. The molecule has 28 heavy (non-hydrogen) atoms. The van der Waals surface area contributed by atoms with Gasteiger partial charge in [-0.3, -0.25) is 4.79 Å². The van der Waals surface area contributed by atoms with Crippen molar-refractivity contribution in [2.45, 2.75) is 12.3 Å². The first-order chi connectivity index (χ1) is 13.7. The third-order valence-electron chi connectivity index (χ3n) is 4.54. The van der Waals surface area contributed by atoms with Gasteiger partial charge in [0.2, 0.25) is 5.91 Å². The van der Waals surface area contributed by atoms with Gasteiger partial charge in [0.25, 0.3) is 0 Å². The summed E-state index contributed by atoms with van der Waals surface area (Å²) in [4.78, 5) is 17.9. The van der Waals surface area contributed by atoms with Crippen LogP contribution in [0, 0.1) is 0 Å². The molecule has 0 radical (unpaired) electrons. The number of fused-ring (bicyclic) bond motifs is 1. The number of nitrogens with zero attached hydrogens (tertiary/aromatic N) is 1. The number of para-hydroxylation sites is 1. The quantitative estimate of drug-likeness (QED) is 0.489. The van der Waals surface area contributed by atoms with Crippen molar-refractivity contribution in [2.75, 3.05) is 12.4 Å². The van der Waals surface area contributed by atoms with E-state index in [2.05, 4.69) is 5.32 Å². The molecular formula is C23H20N2O2S. The molecule has 1 atom stereocenters. The Morgan fingerprint density at radius 3 is 2.61 bits per heavy atom. The van der Waals surface area contributed by atoms with Crippen LogP contribution in [0.2, 0.25) is 0 Å². The van der Waals surface area contributed by atoms with Crippen LogP contribution in [0.1, 0.15) is 16.5 Å². The van der Waals surface area contributed by atoms with Crippen LogP contribution in [0.15, 0.2) is 78.9 Å². The zero-order chi connectivity index (χ0) is 19.3. The molecule has 0 unspecified atom stereocenters. The molecule has 5 heteroatoms. The predicted molar refractivity (Wildman–Crippen MR) is 114 cm³/mol. The van der Waals surface area contributed by atoms with E-state index in [1.165, 1.54) is 0 Å². The highest BCUT2D eigenvalue weighted by Crippen LogP contribution is 2.31. The summed E-state index contributed by atoms with van der Waals surface area (Å²) in [6, 6.07) is 25.4. The molecule has 1 aromatic heterocycles. The second-order valence-corrected chi connectivity index (χ2v) is 7.55. The number of anilines is 1. The van der Waals surface area contributed by atoms with Gasteiger partial charge in [-0.2, -0.15) is 0 Å². The average molecular weight is 388 g/mol. The van der Waals surface area contributed by atoms with Crippen LogP contribution in [-0.2, 0) is 11.2 Å². The minimum atomic E-state index is -0.369. The normalized spacial score (nSPS) is 11.9. The van der Waals surface area contributed by atoms with Crippen LogP contribution < -0.4 is 10.1 Å². The molecule has 0 saturated heterocycles. The van der Waals surface area contributed by atoms with Gasteiger partial charge in [0, 0.05) is 11.8 Å². The van der Waals surface area contributed by atoms with E-state index >= 15 is 0 Å². The number of hydrogen-bond donors (Lipinski definition) is 1. The van der Waals surface area contributed by atoms with Gasteiger partial charge in [0.15, 0.2) is 0 Å². The molecule has 0 fully saturated rings. The maximum Gasteiger partial charge on any atom is 0.234 e. The Labute approximate surface area is 167 Å². The van der Waals surface area contributed by atoms with E-state index in [-0.39, 0.29) is 11.8 Å². The average Bonchev–Trinajstić information content (AvgIpc) is 3.16. The molecule has 4 aromatic rings. The molecule has 0 aliphatic rings. The summed E-state index contributed by atoms with van der Waals surface area (Å²) < 4.78 is 6.34. The minimum Gasteiger partial charge on any atom is -0.497 e. The molecule has 0 saturated carbocycles. The molecule has 0 aliphatic carbocycles. The van der Waals surface area contributed by atoms with Gasteiger partial charge < -0.3 is 10.1 Å². The lowest BCUT2D eigenvalue weighted by Gasteiger charge is -2.15. The van der Waals surface area contributed by atoms with Crippen molar-refractivity contribution in [1.82, 2.24) is 4.98 Å². The molecule has 0 spiro atoms. The lowest BCUT2D eigenvalue weighted by atomic mass is 9.99. The van der Waals surface area contributed by atoms with Gasteiger partial charge in [-0.25, -0.2) is 4.98 Å². The van der Waals surface area contributed by atoms with Gasteiger partial charge in [-0.1, -0.05) is 48.5 Å². The summed E-state index contributed by atoms with van der Waals surface area (Å²) in [5.41, 5.74) is 2.74. The molecule has 3 aromatic carbocycles. The maximum atomic E-state index is 13.2. The molecule has 4 rings (SSSR count). The minimum absolute atomic E-state index is 0.0730. The maximum absolute atomic E-state index is 13.2. The third kappa shape index (κ3) is 4.05. The Kier molecular flexibility index (Phi) is 5.35. The van der Waals surface area contributed by atoms with E-state index in [0.29, 0.717) is 17.9 Å². The highest BCUT2D eigenvalue weighted by molar-refractivity contribution is 7.18. The fourth-order valence-corrected chi connectivity index (χ4v) is 4.18. The van der Waals surface area contributed by atoms with Crippen molar-refractivity contribution in [3.63, 3.8) is 0 Å². The molecule has 1 amide bonds. The smallest absolute Gasteiger partial charge is 0.234 e. The zero-order valence-corrected chi connectivity index (χ0v) is 16.3. The number of methoxy groups -OCH3 is 1. The number of thiazole rings is 1. The first-order valence-electron chi connectivity index (χ1n) is 9.07. The van der Waals surface area contributed by atoms with E-state index in [0.717, 1.165) is 20.8 Å². The zero-order valence-electron chi connectivity index (χ0n) is 15.5. The number of ether oxygens (including phenoxy) is 1. The molecule has 1 heterocycles. The van der Waals surface area contributed by atoms with Crippen molar-refractivity contribution in [3.8, 4) is 5.75 Å². The van der Waals surface area contributed by atoms with Crippen LogP contribution in [-0.4, -0.2) is 18.0 Å². The Bertz CT molecular complexity index is 1060. The number of hydrogen-bond acceptors (Lipinski definition) is 4. The molecule has 140 valence electrons. The monoisotopic (exact) mass is 388 g/mol. The first kappa shape index (κ1) is 18.2. The van der Waals surface area contributed by atoms with Crippen molar-refractivity contribution < 1.29 is 9.53 Å². The van der Waals surface area contributed by atoms with Crippen LogP contribution in [0.4, 0.5) is 5.69 Å². The second kappa shape index (κ2) is 8.23. The number of rotatable bonds is 6. The fourth-order valence-electron chi connectivity index (χ4n) is 3.11. The summed E-state index contributed by atoms with van der Waals surface area (Å²) in [6.45, 7) is 0. The largest absolute Gasteiger partial charge is 0.497 e. The number of carbonyl (C=O) groups is 1. The van der Waals surface area contributed by atoms with Crippen molar-refractivity contribution in [3.05, 3.63) is 89.4 Å². The lowest BCUT2D eigenvalue weighted by Crippen LogP contribution is -2.23. The van der Waals surface area contributed by atoms with Crippen LogP contribution in [0.3, 0.4) is 0 Å². The molecule has 0 aliphatic heterocycles. The third-order valence-corrected chi connectivity index (χ3v) is 5.70. The van der Waals surface area contributed by atoms with Gasteiger partial charge >= 0.3 is 0 Å². The van der Waals surface area contributed by atoms with Gasteiger partial charge in [-0.15, -0.1) is 11.3 Å². The van der Waals surface area contributed by atoms with E-state index in [1.807, 2.05) is 78.9 Å². The Morgan fingerprint density at radius 2 is 1.82 bits per heavy atom. The summed E-state index contributed by atoms with van der Waals surface area (Å²) in [6.07, 6.45) is 0.594. The van der Waals surface area contributed by atoms with E-state index in [1.54, 1.807) is 18.4 Å². The fraction of sp³-hybridized carbons (Fsp3) is 0.130.